The summed E-state index contributed by atoms with van der Waals surface area (Å²) in [5, 5.41) is 5.35. The van der Waals surface area contributed by atoms with Gasteiger partial charge in [-0.05, 0) is 24.6 Å². The number of H-pyrrole nitrogens is 1. The minimum absolute atomic E-state index is 0.244. The van der Waals surface area contributed by atoms with E-state index in [0.717, 1.165) is 5.56 Å². The highest BCUT2D eigenvalue weighted by Crippen LogP contribution is 2.16. The molecule has 0 unspecified atom stereocenters. The van der Waals surface area contributed by atoms with E-state index in [4.69, 9.17) is 23.2 Å². The number of rotatable bonds is 5. The number of aromatic amines is 1. The number of hydrogen-bond donors (Lipinski definition) is 2. The van der Waals surface area contributed by atoms with E-state index in [1.54, 1.807) is 35.9 Å². The number of nitrogens with one attached hydrogen (secondary N) is 2. The van der Waals surface area contributed by atoms with E-state index >= 15 is 0 Å². The lowest BCUT2D eigenvalue weighted by molar-refractivity contribution is 0.818. The van der Waals surface area contributed by atoms with Gasteiger partial charge < -0.3 is 0 Å². The van der Waals surface area contributed by atoms with Gasteiger partial charge in [-0.25, -0.2) is 10.2 Å². The fourth-order valence-electron chi connectivity index (χ4n) is 2.43. The third kappa shape index (κ3) is 4.12. The number of aromatic nitrogens is 4. The monoisotopic (exact) mass is 406 g/mol. The predicted octanol–water partition coefficient (Wildman–Crippen LogP) is 2.67. The largest absolute Gasteiger partial charge is 0.329 e. The minimum atomic E-state index is -0.544. The van der Waals surface area contributed by atoms with Crippen molar-refractivity contribution in [3.63, 3.8) is 0 Å². The first kappa shape index (κ1) is 18.9. The topological polar surface area (TPSA) is 97.1 Å². The lowest BCUT2D eigenvalue weighted by atomic mass is 10.2. The van der Waals surface area contributed by atoms with E-state index in [2.05, 4.69) is 20.5 Å². The molecule has 0 aliphatic heterocycles. The van der Waals surface area contributed by atoms with Gasteiger partial charge in [0, 0.05) is 23.6 Å². The molecule has 27 heavy (non-hydrogen) atoms. The van der Waals surface area contributed by atoms with Crippen molar-refractivity contribution in [2.24, 2.45) is 12.1 Å². The van der Waals surface area contributed by atoms with Crippen LogP contribution in [0.25, 0.3) is 11.2 Å². The normalized spacial score (nSPS) is 12.2. The lowest BCUT2D eigenvalue weighted by Crippen LogP contribution is -2.29. The molecule has 2 heterocycles. The first-order valence-corrected chi connectivity index (χ1v) is 8.69. The van der Waals surface area contributed by atoms with Gasteiger partial charge >= 0.3 is 5.69 Å². The lowest BCUT2D eigenvalue weighted by Gasteiger charge is -2.05. The fraction of sp³-hybridized carbons (Fsp3) is 0.176. The highest BCUT2D eigenvalue weighted by Gasteiger charge is 2.16. The summed E-state index contributed by atoms with van der Waals surface area (Å²) in [7, 11) is 1.53. The molecule has 10 heteroatoms. The average Bonchev–Trinajstić information content (AvgIpc) is 2.99. The quantitative estimate of drug-likeness (QED) is 0.502. The fourth-order valence-corrected chi connectivity index (χ4v) is 2.62. The van der Waals surface area contributed by atoms with Crippen LogP contribution in [-0.4, -0.2) is 25.3 Å². The molecule has 0 atom stereocenters. The molecule has 0 radical (unpaired) electrons. The molecule has 8 nitrogen and oxygen atoms in total. The second-order valence-electron chi connectivity index (χ2n) is 5.75. The van der Waals surface area contributed by atoms with Crippen LogP contribution < -0.4 is 16.7 Å². The molecule has 0 saturated carbocycles. The number of imidazole rings is 1. The molecule has 3 rings (SSSR count). The van der Waals surface area contributed by atoms with Crippen molar-refractivity contribution >= 4 is 46.5 Å². The number of nitrogens with zero attached hydrogens (tertiary/aromatic N) is 4. The average molecular weight is 407 g/mol. The summed E-state index contributed by atoms with van der Waals surface area (Å²) in [5.74, 6) is 0.302. The molecular formula is C17H16Cl2N6O2. The summed E-state index contributed by atoms with van der Waals surface area (Å²) in [6.45, 7) is 2.01. The molecule has 0 bridgehead atoms. The van der Waals surface area contributed by atoms with Crippen LogP contribution in [0.3, 0.4) is 0 Å². The summed E-state index contributed by atoms with van der Waals surface area (Å²) < 4.78 is 2.86. The molecule has 0 saturated heterocycles. The maximum absolute atomic E-state index is 12.3. The zero-order chi connectivity index (χ0) is 19.6. The smallest absolute Gasteiger partial charge is 0.299 e. The Morgan fingerprint density at radius 1 is 1.33 bits per heavy atom. The predicted molar refractivity (Wildman–Crippen MR) is 108 cm³/mol. The van der Waals surface area contributed by atoms with Crippen LogP contribution in [0.4, 0.5) is 5.95 Å². The van der Waals surface area contributed by atoms with Crippen LogP contribution >= 0.6 is 23.2 Å². The summed E-state index contributed by atoms with van der Waals surface area (Å²) >= 11 is 11.8. The number of anilines is 1. The van der Waals surface area contributed by atoms with Crippen molar-refractivity contribution in [1.29, 1.82) is 0 Å². The van der Waals surface area contributed by atoms with Crippen LogP contribution in [-0.2, 0) is 13.6 Å². The molecule has 2 aromatic heterocycles. The number of halogens is 2. The maximum Gasteiger partial charge on any atom is 0.329 e. The highest BCUT2D eigenvalue weighted by molar-refractivity contribution is 6.30. The van der Waals surface area contributed by atoms with Crippen LogP contribution in [0.1, 0.15) is 12.5 Å². The van der Waals surface area contributed by atoms with Gasteiger partial charge in [-0.1, -0.05) is 41.4 Å². The van der Waals surface area contributed by atoms with E-state index in [1.807, 2.05) is 12.1 Å². The molecule has 0 fully saturated rings. The van der Waals surface area contributed by atoms with Crippen LogP contribution in [0.5, 0.6) is 0 Å². The van der Waals surface area contributed by atoms with Gasteiger partial charge in [0.1, 0.15) is 0 Å². The second-order valence-corrected chi connectivity index (χ2v) is 6.78. The van der Waals surface area contributed by atoms with Crippen molar-refractivity contribution < 1.29 is 0 Å². The Hall–Kier alpha value is -2.84. The number of benzene rings is 1. The Morgan fingerprint density at radius 3 is 2.70 bits per heavy atom. The van der Waals surface area contributed by atoms with Crippen molar-refractivity contribution in [3.8, 4) is 0 Å². The van der Waals surface area contributed by atoms with Gasteiger partial charge in [0.2, 0.25) is 5.95 Å². The Balaban J connectivity index is 2.04. The SMILES string of the molecule is CC(Cl)=CCn1c(NN=Cc2ccc(Cl)cc2)nc2c1c(=O)[nH]c(=O)n2C. The van der Waals surface area contributed by atoms with E-state index in [0.29, 0.717) is 16.0 Å². The van der Waals surface area contributed by atoms with Gasteiger partial charge in [-0.3, -0.25) is 18.9 Å². The van der Waals surface area contributed by atoms with Gasteiger partial charge in [0.15, 0.2) is 11.2 Å². The number of aryl methyl sites for hydroxylation is 1. The number of allylic oxidation sites excluding steroid dienone is 2. The van der Waals surface area contributed by atoms with E-state index in [1.165, 1.54) is 11.6 Å². The Kier molecular flexibility index (Phi) is 5.48. The van der Waals surface area contributed by atoms with E-state index in [-0.39, 0.29) is 17.7 Å². The molecule has 1 aromatic carbocycles. The van der Waals surface area contributed by atoms with Crippen LogP contribution in [0.2, 0.25) is 5.02 Å². The van der Waals surface area contributed by atoms with E-state index in [9.17, 15) is 9.59 Å². The first-order valence-electron chi connectivity index (χ1n) is 7.93. The molecule has 0 amide bonds. The van der Waals surface area contributed by atoms with Crippen molar-refractivity contribution in [2.75, 3.05) is 5.43 Å². The molecular weight excluding hydrogens is 391 g/mol. The summed E-state index contributed by atoms with van der Waals surface area (Å²) in [6, 6.07) is 7.12. The highest BCUT2D eigenvalue weighted by atomic mass is 35.5. The van der Waals surface area contributed by atoms with Gasteiger partial charge in [-0.2, -0.15) is 10.1 Å². The Labute approximate surface area is 163 Å². The maximum atomic E-state index is 12.3. The molecule has 2 N–H and O–H groups in total. The second kappa shape index (κ2) is 7.81. The van der Waals surface area contributed by atoms with Gasteiger partial charge in [-0.15, -0.1) is 0 Å². The molecule has 0 aliphatic rings. The Morgan fingerprint density at radius 2 is 2.04 bits per heavy atom. The van der Waals surface area contributed by atoms with E-state index < -0.39 is 11.2 Å². The zero-order valence-electron chi connectivity index (χ0n) is 14.5. The number of hydrogen-bond acceptors (Lipinski definition) is 5. The third-order valence-electron chi connectivity index (χ3n) is 3.81. The summed E-state index contributed by atoms with van der Waals surface area (Å²) in [5.41, 5.74) is 3.06. The van der Waals surface area contributed by atoms with Crippen LogP contribution in [0.15, 0.2) is 50.1 Å². The minimum Gasteiger partial charge on any atom is -0.299 e. The zero-order valence-corrected chi connectivity index (χ0v) is 16.0. The standard InChI is InChI=1S/C17H16Cl2N6O2/c1-10(18)7-8-25-13-14(24(2)17(27)22-15(13)26)21-16(25)23-20-9-11-3-5-12(19)6-4-11/h3-7,9H,8H2,1-2H3,(H,21,23)(H,22,26,27). The van der Waals surface area contributed by atoms with Crippen LogP contribution in [0, 0.1) is 0 Å². The van der Waals surface area contributed by atoms with Gasteiger partial charge in [0.05, 0.1) is 6.21 Å². The molecule has 0 aliphatic carbocycles. The molecule has 0 spiro atoms. The van der Waals surface area contributed by atoms with Crippen molar-refractivity contribution in [2.45, 2.75) is 13.5 Å². The van der Waals surface area contributed by atoms with Crippen molar-refractivity contribution in [1.82, 2.24) is 19.1 Å². The third-order valence-corrected chi connectivity index (χ3v) is 4.22. The Bertz CT molecular complexity index is 1150. The molecule has 3 aromatic rings. The summed E-state index contributed by atoms with van der Waals surface area (Å²) in [6.07, 6.45) is 3.31. The number of fused-ring (bicyclic) bond motifs is 1. The summed E-state index contributed by atoms with van der Waals surface area (Å²) in [4.78, 5) is 30.7. The molecule has 140 valence electrons. The van der Waals surface area contributed by atoms with Gasteiger partial charge in [0.25, 0.3) is 5.56 Å². The number of hydrazone groups is 1. The van der Waals surface area contributed by atoms with Crippen molar-refractivity contribution in [3.05, 3.63) is 66.8 Å². The first-order chi connectivity index (χ1) is 12.9.